The van der Waals surface area contributed by atoms with Crippen LogP contribution in [0, 0.1) is 0 Å². The fraction of sp³-hybridized carbons (Fsp3) is 0.364. The average Bonchev–Trinajstić information content (AvgIpc) is 2.29. The van der Waals surface area contributed by atoms with Gasteiger partial charge in [0.05, 0.1) is 0 Å². The Bertz CT molecular complexity index is 297. The van der Waals surface area contributed by atoms with Crippen LogP contribution >= 0.6 is 0 Å². The molecule has 0 radical (unpaired) electrons. The Kier molecular flexibility index (Phi) is 4.80. The number of carbonyl (C=O) groups is 1. The van der Waals surface area contributed by atoms with E-state index in [1.807, 2.05) is 30.3 Å². The van der Waals surface area contributed by atoms with Gasteiger partial charge in [0.15, 0.2) is 0 Å². The van der Waals surface area contributed by atoms with Crippen molar-refractivity contribution in [2.75, 3.05) is 13.6 Å². The highest BCUT2D eigenvalue weighted by Crippen LogP contribution is 2.01. The fourth-order valence-electron chi connectivity index (χ4n) is 1.16. The number of hydrogen-bond donors (Lipinski definition) is 2. The number of rotatable bonds is 5. The van der Waals surface area contributed by atoms with Gasteiger partial charge in [0.25, 0.3) is 0 Å². The highest BCUT2D eigenvalue weighted by molar-refractivity contribution is 5.76. The fourth-order valence-corrected chi connectivity index (χ4v) is 1.16. The van der Waals surface area contributed by atoms with Crippen LogP contribution in [-0.4, -0.2) is 25.6 Å². The zero-order chi connectivity index (χ0) is 11.1. The second kappa shape index (κ2) is 6.16. The molecule has 0 saturated heterocycles. The molecule has 3 N–H and O–H groups in total. The van der Waals surface area contributed by atoms with Gasteiger partial charge in [0.1, 0.15) is 12.6 Å². The number of esters is 1. The van der Waals surface area contributed by atoms with Gasteiger partial charge in [-0.25, -0.2) is 0 Å². The molecule has 0 heterocycles. The Hall–Kier alpha value is -1.39. The SMILES string of the molecule is CN[C@H](CN)C(=O)OCc1ccccc1. The van der Waals surface area contributed by atoms with Crippen molar-refractivity contribution in [3.05, 3.63) is 35.9 Å². The molecule has 1 aromatic carbocycles. The smallest absolute Gasteiger partial charge is 0.324 e. The number of nitrogens with two attached hydrogens (primary N) is 1. The summed E-state index contributed by atoms with van der Waals surface area (Å²) in [5.41, 5.74) is 6.36. The van der Waals surface area contributed by atoms with Crippen molar-refractivity contribution in [3.8, 4) is 0 Å². The van der Waals surface area contributed by atoms with Gasteiger partial charge < -0.3 is 15.8 Å². The summed E-state index contributed by atoms with van der Waals surface area (Å²) in [6, 6.07) is 9.12. The molecule has 4 nitrogen and oxygen atoms in total. The molecule has 1 aromatic rings. The molecular weight excluding hydrogens is 192 g/mol. The van der Waals surface area contributed by atoms with Gasteiger partial charge in [0, 0.05) is 6.54 Å². The van der Waals surface area contributed by atoms with Gasteiger partial charge >= 0.3 is 5.97 Å². The first-order valence-electron chi connectivity index (χ1n) is 4.86. The maximum Gasteiger partial charge on any atom is 0.324 e. The van der Waals surface area contributed by atoms with E-state index >= 15 is 0 Å². The quantitative estimate of drug-likeness (QED) is 0.682. The van der Waals surface area contributed by atoms with Crippen LogP contribution in [0.1, 0.15) is 5.56 Å². The molecule has 0 aromatic heterocycles. The molecule has 0 unspecified atom stereocenters. The highest BCUT2D eigenvalue weighted by atomic mass is 16.5. The van der Waals surface area contributed by atoms with Gasteiger partial charge in [-0.3, -0.25) is 4.79 Å². The van der Waals surface area contributed by atoms with E-state index in [1.165, 1.54) is 0 Å². The zero-order valence-corrected chi connectivity index (χ0v) is 8.77. The predicted octanol–water partition coefficient (Wildman–Crippen LogP) is 0.277. The van der Waals surface area contributed by atoms with Crippen LogP contribution in [-0.2, 0) is 16.1 Å². The molecule has 82 valence electrons. The number of benzene rings is 1. The Labute approximate surface area is 89.4 Å². The molecule has 0 fully saturated rings. The van der Waals surface area contributed by atoms with E-state index in [2.05, 4.69) is 5.32 Å². The lowest BCUT2D eigenvalue weighted by atomic mass is 10.2. The van der Waals surface area contributed by atoms with Crippen molar-refractivity contribution in [2.24, 2.45) is 5.73 Å². The molecule has 0 saturated carbocycles. The van der Waals surface area contributed by atoms with Gasteiger partial charge in [0.2, 0.25) is 0 Å². The van der Waals surface area contributed by atoms with Crippen LogP contribution in [0.25, 0.3) is 0 Å². The number of likely N-dealkylation sites (N-methyl/N-ethyl adjacent to an activating group) is 1. The Morgan fingerprint density at radius 2 is 2.13 bits per heavy atom. The first kappa shape index (κ1) is 11.7. The molecular formula is C11H16N2O2. The Balaban J connectivity index is 2.40. The van der Waals surface area contributed by atoms with Gasteiger partial charge in [-0.2, -0.15) is 0 Å². The summed E-state index contributed by atoms with van der Waals surface area (Å²) < 4.78 is 5.09. The lowest BCUT2D eigenvalue weighted by Gasteiger charge is -2.12. The molecule has 1 rings (SSSR count). The second-order valence-corrected chi connectivity index (χ2v) is 3.17. The maximum absolute atomic E-state index is 11.4. The third-order valence-corrected chi connectivity index (χ3v) is 2.09. The molecule has 4 heteroatoms. The third kappa shape index (κ3) is 3.69. The summed E-state index contributed by atoms with van der Waals surface area (Å²) in [7, 11) is 1.68. The lowest BCUT2D eigenvalue weighted by molar-refractivity contribution is -0.147. The Morgan fingerprint density at radius 3 is 2.67 bits per heavy atom. The molecule has 0 aliphatic carbocycles. The monoisotopic (exact) mass is 208 g/mol. The summed E-state index contributed by atoms with van der Waals surface area (Å²) in [6.45, 7) is 0.530. The number of nitrogens with one attached hydrogen (secondary N) is 1. The van der Waals surface area contributed by atoms with Gasteiger partial charge in [-0.05, 0) is 12.6 Å². The summed E-state index contributed by atoms with van der Waals surface area (Å²) in [5.74, 6) is -0.316. The van der Waals surface area contributed by atoms with E-state index in [9.17, 15) is 4.79 Å². The van der Waals surface area contributed by atoms with Crippen LogP contribution in [0.15, 0.2) is 30.3 Å². The molecule has 1 atom stereocenters. The normalized spacial score (nSPS) is 12.1. The number of carbonyl (C=O) groups excluding carboxylic acids is 1. The van der Waals surface area contributed by atoms with E-state index in [1.54, 1.807) is 7.05 Å². The van der Waals surface area contributed by atoms with Crippen molar-refractivity contribution in [1.29, 1.82) is 0 Å². The van der Waals surface area contributed by atoms with Crippen LogP contribution in [0.5, 0.6) is 0 Å². The minimum Gasteiger partial charge on any atom is -0.460 e. The summed E-state index contributed by atoms with van der Waals surface area (Å²) >= 11 is 0. The van der Waals surface area contributed by atoms with Crippen LogP contribution in [0.4, 0.5) is 0 Å². The van der Waals surface area contributed by atoms with Crippen molar-refractivity contribution >= 4 is 5.97 Å². The first-order valence-corrected chi connectivity index (χ1v) is 4.86. The maximum atomic E-state index is 11.4. The minimum atomic E-state index is -0.422. The van der Waals surface area contributed by atoms with Crippen molar-refractivity contribution < 1.29 is 9.53 Å². The molecule has 0 amide bonds. The number of ether oxygens (including phenoxy) is 1. The molecule has 15 heavy (non-hydrogen) atoms. The van der Waals surface area contributed by atoms with E-state index in [0.29, 0.717) is 0 Å². The average molecular weight is 208 g/mol. The zero-order valence-electron chi connectivity index (χ0n) is 8.77. The molecule has 0 bridgehead atoms. The van der Waals surface area contributed by atoms with Crippen LogP contribution < -0.4 is 11.1 Å². The molecule has 0 aliphatic rings. The standard InChI is InChI=1S/C11H16N2O2/c1-13-10(7-12)11(14)15-8-9-5-3-2-4-6-9/h2-6,10,13H,7-8,12H2,1H3/t10-/m1/s1. The summed E-state index contributed by atoms with van der Waals surface area (Å²) in [6.07, 6.45) is 0. The first-order chi connectivity index (χ1) is 7.27. The van der Waals surface area contributed by atoms with E-state index in [4.69, 9.17) is 10.5 Å². The van der Waals surface area contributed by atoms with Gasteiger partial charge in [-0.15, -0.1) is 0 Å². The predicted molar refractivity (Wildman–Crippen MR) is 58.1 cm³/mol. The largest absolute Gasteiger partial charge is 0.460 e. The van der Waals surface area contributed by atoms with E-state index < -0.39 is 6.04 Å². The van der Waals surface area contributed by atoms with Crippen molar-refractivity contribution in [1.82, 2.24) is 5.32 Å². The summed E-state index contributed by atoms with van der Waals surface area (Å²) in [5, 5.41) is 2.79. The van der Waals surface area contributed by atoms with E-state index in [0.717, 1.165) is 5.56 Å². The van der Waals surface area contributed by atoms with Crippen molar-refractivity contribution in [2.45, 2.75) is 12.6 Å². The van der Waals surface area contributed by atoms with E-state index in [-0.39, 0.29) is 19.1 Å². The van der Waals surface area contributed by atoms with Crippen LogP contribution in [0.2, 0.25) is 0 Å². The minimum absolute atomic E-state index is 0.240. The lowest BCUT2D eigenvalue weighted by Crippen LogP contribution is -2.41. The van der Waals surface area contributed by atoms with Gasteiger partial charge in [-0.1, -0.05) is 30.3 Å². The molecule has 0 aliphatic heterocycles. The molecule has 0 spiro atoms. The van der Waals surface area contributed by atoms with Crippen LogP contribution in [0.3, 0.4) is 0 Å². The third-order valence-electron chi connectivity index (χ3n) is 2.09. The number of hydrogen-bond acceptors (Lipinski definition) is 4. The summed E-state index contributed by atoms with van der Waals surface area (Å²) in [4.78, 5) is 11.4. The topological polar surface area (TPSA) is 64.3 Å². The second-order valence-electron chi connectivity index (χ2n) is 3.17. The Morgan fingerprint density at radius 1 is 1.47 bits per heavy atom. The van der Waals surface area contributed by atoms with Crippen molar-refractivity contribution in [3.63, 3.8) is 0 Å². The highest BCUT2D eigenvalue weighted by Gasteiger charge is 2.15.